The van der Waals surface area contributed by atoms with Gasteiger partial charge in [0, 0.05) is 37.9 Å². The molecule has 1 aromatic carbocycles. The number of benzene rings is 1. The smallest absolute Gasteiger partial charge is 0.251 e. The Morgan fingerprint density at radius 2 is 1.97 bits per heavy atom. The van der Waals surface area contributed by atoms with E-state index in [1.165, 1.54) is 0 Å². The minimum absolute atomic E-state index is 0.00361. The Morgan fingerprint density at radius 3 is 2.63 bits per heavy atom. The number of hydrogen-bond donors (Lipinski definition) is 2. The van der Waals surface area contributed by atoms with E-state index in [0.29, 0.717) is 53.8 Å². The maximum atomic E-state index is 12.0. The van der Waals surface area contributed by atoms with Gasteiger partial charge in [-0.3, -0.25) is 4.79 Å². The number of nitrogens with one attached hydrogen (secondary N) is 1. The summed E-state index contributed by atoms with van der Waals surface area (Å²) in [7, 11) is -1.46. The predicted octanol–water partition coefficient (Wildman–Crippen LogP) is 2.07. The third-order valence-corrected chi connectivity index (χ3v) is 8.21. The molecule has 38 heavy (non-hydrogen) atoms. The first-order chi connectivity index (χ1) is 18.2. The first kappa shape index (κ1) is 27.7. The molecule has 5 rings (SSSR count). The number of ether oxygens (including phenoxy) is 2. The number of nitrogen functional groups attached to an aromatic ring is 1. The maximum absolute atomic E-state index is 12.0. The van der Waals surface area contributed by atoms with Crippen molar-refractivity contribution in [3.8, 4) is 11.3 Å². The van der Waals surface area contributed by atoms with Gasteiger partial charge in [0.15, 0.2) is 15.5 Å². The lowest BCUT2D eigenvalue weighted by Gasteiger charge is -2.47. The molecule has 4 heterocycles. The van der Waals surface area contributed by atoms with E-state index in [1.807, 2.05) is 30.0 Å². The highest BCUT2D eigenvalue weighted by atomic mass is 32.2. The van der Waals surface area contributed by atoms with Crippen LogP contribution in [0.1, 0.15) is 30.6 Å². The Balaban J connectivity index is 0.000000505. The molecule has 12 heteroatoms. The van der Waals surface area contributed by atoms with Crippen LogP contribution in [0.3, 0.4) is 0 Å². The SMILES string of the molecule is CCCOCC.CNC(=O)c1cccc(-c2ccc3c(N)nc(N4CCOC5(C4)CS(=O)(=O)C5)nc3n2)c1. The predicted molar refractivity (Wildman–Crippen MR) is 147 cm³/mol. The van der Waals surface area contributed by atoms with Crippen molar-refractivity contribution in [2.24, 2.45) is 0 Å². The van der Waals surface area contributed by atoms with Crippen LogP contribution in [0.4, 0.5) is 11.8 Å². The average Bonchev–Trinajstić information content (AvgIpc) is 2.90. The standard InChI is InChI=1S/C21H22N6O4S.C5H12O/c1-23-19(28)14-4-2-3-13(9-14)16-6-5-15-17(22)25-20(26-18(15)24-16)27-7-8-31-21(10-27)11-32(29,30)12-21;1-3-5-6-4-2/h2-6,9H,7-8,10-12H2,1H3,(H,23,28)(H2,22,24,25,26);3-5H2,1-2H3. The zero-order chi connectivity index (χ0) is 27.3. The van der Waals surface area contributed by atoms with E-state index in [0.717, 1.165) is 25.2 Å². The van der Waals surface area contributed by atoms with Crippen molar-refractivity contribution in [1.29, 1.82) is 0 Å². The van der Waals surface area contributed by atoms with E-state index in [1.54, 1.807) is 25.2 Å². The number of hydrogen-bond acceptors (Lipinski definition) is 10. The molecule has 3 N–H and O–H groups in total. The Bertz CT molecular complexity index is 1400. The molecule has 1 spiro atoms. The van der Waals surface area contributed by atoms with Gasteiger partial charge in [0.25, 0.3) is 5.91 Å². The van der Waals surface area contributed by atoms with Crippen molar-refractivity contribution in [1.82, 2.24) is 20.3 Å². The van der Waals surface area contributed by atoms with Crippen molar-refractivity contribution in [3.63, 3.8) is 0 Å². The summed E-state index contributed by atoms with van der Waals surface area (Å²) in [6.45, 7) is 7.18. The fourth-order valence-corrected chi connectivity index (χ4v) is 6.39. The molecule has 204 valence electrons. The minimum atomic E-state index is -3.04. The van der Waals surface area contributed by atoms with Crippen LogP contribution in [0.2, 0.25) is 0 Å². The molecule has 11 nitrogen and oxygen atoms in total. The van der Waals surface area contributed by atoms with E-state index < -0.39 is 15.4 Å². The molecule has 2 fully saturated rings. The van der Waals surface area contributed by atoms with Gasteiger partial charge >= 0.3 is 0 Å². The number of sulfone groups is 1. The topological polar surface area (TPSA) is 150 Å². The number of anilines is 2. The summed E-state index contributed by atoms with van der Waals surface area (Å²) >= 11 is 0. The summed E-state index contributed by atoms with van der Waals surface area (Å²) in [5.74, 6) is 0.518. The van der Waals surface area contributed by atoms with Crippen LogP contribution in [0, 0.1) is 0 Å². The third-order valence-electron chi connectivity index (χ3n) is 6.27. The summed E-state index contributed by atoms with van der Waals surface area (Å²) in [5.41, 5.74) is 7.87. The van der Waals surface area contributed by atoms with E-state index in [9.17, 15) is 13.2 Å². The molecular formula is C26H34N6O5S. The molecule has 0 aliphatic carbocycles. The highest BCUT2D eigenvalue weighted by Gasteiger charge is 2.52. The van der Waals surface area contributed by atoms with Gasteiger partial charge < -0.3 is 25.4 Å². The summed E-state index contributed by atoms with van der Waals surface area (Å²) in [5, 5.41) is 3.23. The average molecular weight is 543 g/mol. The normalized spacial score (nSPS) is 17.4. The van der Waals surface area contributed by atoms with Crippen LogP contribution < -0.4 is 16.0 Å². The lowest BCUT2D eigenvalue weighted by atomic mass is 10.1. The summed E-state index contributed by atoms with van der Waals surface area (Å²) < 4.78 is 34.2. The molecule has 2 aliphatic rings. The van der Waals surface area contributed by atoms with Crippen LogP contribution in [0.5, 0.6) is 0 Å². The number of nitrogens with two attached hydrogens (primary N) is 1. The van der Waals surface area contributed by atoms with Gasteiger partial charge in [-0.2, -0.15) is 9.97 Å². The molecule has 0 unspecified atom stereocenters. The second-order valence-corrected chi connectivity index (χ2v) is 11.4. The molecule has 2 aliphatic heterocycles. The van der Waals surface area contributed by atoms with Gasteiger partial charge in [-0.1, -0.05) is 19.1 Å². The summed E-state index contributed by atoms with van der Waals surface area (Å²) in [6.07, 6.45) is 1.13. The van der Waals surface area contributed by atoms with Gasteiger partial charge in [0.05, 0.1) is 35.7 Å². The Hall–Kier alpha value is -3.35. The lowest BCUT2D eigenvalue weighted by molar-refractivity contribution is -0.0333. The molecule has 2 saturated heterocycles. The van der Waals surface area contributed by atoms with Crippen LogP contribution in [-0.2, 0) is 19.3 Å². The monoisotopic (exact) mass is 542 g/mol. The number of morpholine rings is 1. The molecule has 1 amide bonds. The number of carbonyl (C=O) groups excluding carboxylic acids is 1. The molecule has 3 aromatic rings. The number of nitrogens with zero attached hydrogens (tertiary/aromatic N) is 4. The Labute approximate surface area is 222 Å². The van der Waals surface area contributed by atoms with Gasteiger partial charge in [-0.05, 0) is 37.6 Å². The first-order valence-electron chi connectivity index (χ1n) is 12.6. The van der Waals surface area contributed by atoms with Crippen LogP contribution >= 0.6 is 0 Å². The van der Waals surface area contributed by atoms with E-state index in [2.05, 4.69) is 27.2 Å². The van der Waals surface area contributed by atoms with Crippen LogP contribution in [0.15, 0.2) is 36.4 Å². The molecule has 0 bridgehead atoms. The molecular weight excluding hydrogens is 508 g/mol. The Kier molecular flexibility index (Phi) is 8.44. The number of aromatic nitrogens is 3. The zero-order valence-corrected chi connectivity index (χ0v) is 22.8. The van der Waals surface area contributed by atoms with Crippen molar-refractivity contribution in [3.05, 3.63) is 42.0 Å². The van der Waals surface area contributed by atoms with Crippen molar-refractivity contribution in [2.45, 2.75) is 25.9 Å². The molecule has 0 saturated carbocycles. The van der Waals surface area contributed by atoms with Gasteiger partial charge in [0.1, 0.15) is 11.4 Å². The Morgan fingerprint density at radius 1 is 1.18 bits per heavy atom. The second kappa shape index (κ2) is 11.6. The molecule has 0 radical (unpaired) electrons. The number of carbonyl (C=O) groups is 1. The minimum Gasteiger partial charge on any atom is -0.383 e. The summed E-state index contributed by atoms with van der Waals surface area (Å²) in [6, 6.07) is 10.8. The van der Waals surface area contributed by atoms with Crippen LogP contribution in [0.25, 0.3) is 22.3 Å². The molecule has 0 atom stereocenters. The quantitative estimate of drug-likeness (QED) is 0.443. The summed E-state index contributed by atoms with van der Waals surface area (Å²) in [4.78, 5) is 27.6. The highest BCUT2D eigenvalue weighted by Crippen LogP contribution is 2.33. The van der Waals surface area contributed by atoms with Crippen molar-refractivity contribution >= 4 is 38.5 Å². The lowest BCUT2D eigenvalue weighted by Crippen LogP contribution is -2.66. The number of fused-ring (bicyclic) bond motifs is 1. The molecule has 2 aromatic heterocycles. The number of amides is 1. The van der Waals surface area contributed by atoms with E-state index in [4.69, 9.17) is 15.2 Å². The van der Waals surface area contributed by atoms with Gasteiger partial charge in [-0.15, -0.1) is 0 Å². The van der Waals surface area contributed by atoms with Gasteiger partial charge in [-0.25, -0.2) is 13.4 Å². The van der Waals surface area contributed by atoms with E-state index in [-0.39, 0.29) is 17.4 Å². The number of rotatable bonds is 6. The largest absolute Gasteiger partial charge is 0.383 e. The fraction of sp³-hybridized carbons (Fsp3) is 0.462. The zero-order valence-electron chi connectivity index (χ0n) is 21.9. The van der Waals surface area contributed by atoms with E-state index >= 15 is 0 Å². The number of pyridine rings is 1. The van der Waals surface area contributed by atoms with Crippen LogP contribution in [-0.4, -0.2) is 86.3 Å². The fourth-order valence-electron chi connectivity index (χ4n) is 4.53. The maximum Gasteiger partial charge on any atom is 0.251 e. The second-order valence-electron chi connectivity index (χ2n) is 9.32. The first-order valence-corrected chi connectivity index (χ1v) is 14.4. The van der Waals surface area contributed by atoms with Crippen molar-refractivity contribution < 1.29 is 22.7 Å². The van der Waals surface area contributed by atoms with Gasteiger partial charge in [0.2, 0.25) is 5.95 Å². The third kappa shape index (κ3) is 6.20. The van der Waals surface area contributed by atoms with Crippen molar-refractivity contribution in [2.75, 3.05) is 62.1 Å². The highest BCUT2D eigenvalue weighted by molar-refractivity contribution is 7.93.